The Labute approximate surface area is 152 Å². The van der Waals surface area contributed by atoms with Crippen molar-refractivity contribution in [2.75, 3.05) is 5.32 Å². The molecule has 1 aliphatic rings. The zero-order valence-electron chi connectivity index (χ0n) is 15.2. The highest BCUT2D eigenvalue weighted by molar-refractivity contribution is 7.16. The quantitative estimate of drug-likeness (QED) is 0.894. The van der Waals surface area contributed by atoms with Crippen molar-refractivity contribution in [3.05, 3.63) is 34.0 Å². The SMILES string of the molecule is CCn1cc(C(=O)Nc2sc3c(c2C#N)CC[C@H](C(C)(C)C)C3)cn1. The Kier molecular flexibility index (Phi) is 4.70. The van der Waals surface area contributed by atoms with Crippen LogP contribution in [0.3, 0.4) is 0 Å². The van der Waals surface area contributed by atoms with Crippen LogP contribution in [0.4, 0.5) is 5.00 Å². The molecule has 6 heteroatoms. The molecule has 0 unspecified atom stereocenters. The van der Waals surface area contributed by atoms with E-state index < -0.39 is 0 Å². The second-order valence-corrected chi connectivity index (χ2v) is 8.77. The number of nitriles is 1. The lowest BCUT2D eigenvalue weighted by Gasteiger charge is -2.33. The first kappa shape index (κ1) is 17.7. The Hall–Kier alpha value is -2.13. The van der Waals surface area contributed by atoms with Crippen molar-refractivity contribution in [3.8, 4) is 6.07 Å². The summed E-state index contributed by atoms with van der Waals surface area (Å²) in [6.45, 7) is 9.51. The first-order valence-corrected chi connectivity index (χ1v) is 9.53. The summed E-state index contributed by atoms with van der Waals surface area (Å²) in [5.41, 5.74) is 2.55. The summed E-state index contributed by atoms with van der Waals surface area (Å²) in [7, 11) is 0. The number of fused-ring (bicyclic) bond motifs is 1. The molecule has 2 aromatic rings. The normalized spacial score (nSPS) is 17.0. The van der Waals surface area contributed by atoms with Crippen molar-refractivity contribution < 1.29 is 4.79 Å². The molecule has 2 aromatic heterocycles. The molecule has 1 amide bonds. The third-order valence-electron chi connectivity index (χ3n) is 5.05. The van der Waals surface area contributed by atoms with Crippen LogP contribution < -0.4 is 5.32 Å². The van der Waals surface area contributed by atoms with Gasteiger partial charge in [-0.3, -0.25) is 9.48 Å². The van der Waals surface area contributed by atoms with Crippen LogP contribution in [-0.4, -0.2) is 15.7 Å². The number of amides is 1. The molecule has 0 bridgehead atoms. The number of nitrogens with zero attached hydrogens (tertiary/aromatic N) is 3. The lowest BCUT2D eigenvalue weighted by Crippen LogP contribution is -2.26. The molecule has 1 N–H and O–H groups in total. The summed E-state index contributed by atoms with van der Waals surface area (Å²) in [6.07, 6.45) is 6.29. The molecule has 1 aliphatic carbocycles. The fraction of sp³-hybridized carbons (Fsp3) is 0.526. The predicted molar refractivity (Wildman–Crippen MR) is 99.9 cm³/mol. The van der Waals surface area contributed by atoms with Crippen molar-refractivity contribution in [2.24, 2.45) is 11.3 Å². The van der Waals surface area contributed by atoms with Gasteiger partial charge < -0.3 is 5.32 Å². The molecule has 0 saturated heterocycles. The average Bonchev–Trinajstić information content (AvgIpc) is 3.17. The van der Waals surface area contributed by atoms with Gasteiger partial charge in [0.1, 0.15) is 11.1 Å². The van der Waals surface area contributed by atoms with Gasteiger partial charge in [-0.25, -0.2) is 0 Å². The first-order valence-electron chi connectivity index (χ1n) is 8.72. The first-order chi connectivity index (χ1) is 11.8. The molecule has 25 heavy (non-hydrogen) atoms. The lowest BCUT2D eigenvalue weighted by molar-refractivity contribution is 0.102. The van der Waals surface area contributed by atoms with Crippen LogP contribution in [-0.2, 0) is 19.4 Å². The second-order valence-electron chi connectivity index (χ2n) is 7.66. The molecule has 5 nitrogen and oxygen atoms in total. The van der Waals surface area contributed by atoms with Gasteiger partial charge in [0.25, 0.3) is 5.91 Å². The standard InChI is InChI=1S/C19H24N4OS/c1-5-23-11-12(10-21-23)17(24)22-18-15(9-20)14-7-6-13(19(2,3)4)8-16(14)25-18/h10-11,13H,5-8H2,1-4H3,(H,22,24)/t13-/m0/s1. The molecule has 2 heterocycles. The Balaban J connectivity index is 1.85. The summed E-state index contributed by atoms with van der Waals surface area (Å²) in [5, 5.41) is 17.3. The van der Waals surface area contributed by atoms with Gasteiger partial charge in [0.2, 0.25) is 0 Å². The van der Waals surface area contributed by atoms with Gasteiger partial charge in [0.15, 0.2) is 0 Å². The molecule has 0 spiro atoms. The van der Waals surface area contributed by atoms with E-state index in [1.165, 1.54) is 4.88 Å². The van der Waals surface area contributed by atoms with Gasteiger partial charge in [-0.05, 0) is 43.1 Å². The zero-order valence-corrected chi connectivity index (χ0v) is 16.0. The number of aryl methyl sites for hydroxylation is 1. The number of thiophene rings is 1. The molecule has 0 aromatic carbocycles. The Morgan fingerprint density at radius 3 is 2.88 bits per heavy atom. The van der Waals surface area contributed by atoms with Crippen molar-refractivity contribution in [3.63, 3.8) is 0 Å². The Bertz CT molecular complexity index is 835. The summed E-state index contributed by atoms with van der Waals surface area (Å²) in [6, 6.07) is 2.31. The van der Waals surface area contributed by atoms with Crippen LogP contribution >= 0.6 is 11.3 Å². The van der Waals surface area contributed by atoms with E-state index in [1.54, 1.807) is 28.4 Å². The number of hydrogen-bond acceptors (Lipinski definition) is 4. The lowest BCUT2D eigenvalue weighted by atomic mass is 9.72. The van der Waals surface area contributed by atoms with E-state index in [9.17, 15) is 10.1 Å². The minimum Gasteiger partial charge on any atom is -0.312 e. The molecular weight excluding hydrogens is 332 g/mol. The van der Waals surface area contributed by atoms with Gasteiger partial charge >= 0.3 is 0 Å². The van der Waals surface area contributed by atoms with E-state index in [0.717, 1.165) is 31.4 Å². The number of rotatable bonds is 3. The van der Waals surface area contributed by atoms with E-state index in [1.807, 2.05) is 6.92 Å². The van der Waals surface area contributed by atoms with Crippen molar-refractivity contribution in [2.45, 2.75) is 53.5 Å². The van der Waals surface area contributed by atoms with Gasteiger partial charge in [-0.15, -0.1) is 11.3 Å². The highest BCUT2D eigenvalue weighted by Gasteiger charge is 2.32. The van der Waals surface area contributed by atoms with E-state index in [4.69, 9.17) is 0 Å². The highest BCUT2D eigenvalue weighted by Crippen LogP contribution is 2.44. The third kappa shape index (κ3) is 3.47. The Morgan fingerprint density at radius 1 is 1.52 bits per heavy atom. The molecule has 0 radical (unpaired) electrons. The van der Waals surface area contributed by atoms with Crippen molar-refractivity contribution in [1.29, 1.82) is 5.26 Å². The van der Waals surface area contributed by atoms with Crippen LogP contribution in [0, 0.1) is 22.7 Å². The maximum absolute atomic E-state index is 12.5. The minimum absolute atomic E-state index is 0.206. The van der Waals surface area contributed by atoms with Crippen LogP contribution in [0.15, 0.2) is 12.4 Å². The van der Waals surface area contributed by atoms with Gasteiger partial charge in [-0.1, -0.05) is 20.8 Å². The van der Waals surface area contributed by atoms with Crippen LogP contribution in [0.2, 0.25) is 0 Å². The smallest absolute Gasteiger partial charge is 0.259 e. The second kappa shape index (κ2) is 6.64. The fourth-order valence-electron chi connectivity index (χ4n) is 3.36. The van der Waals surface area contributed by atoms with E-state index >= 15 is 0 Å². The molecular formula is C19H24N4OS. The summed E-state index contributed by atoms with van der Waals surface area (Å²) in [4.78, 5) is 13.7. The maximum Gasteiger partial charge on any atom is 0.259 e. The third-order valence-corrected chi connectivity index (χ3v) is 6.22. The fourth-order valence-corrected chi connectivity index (χ4v) is 4.63. The number of carbonyl (C=O) groups is 1. The summed E-state index contributed by atoms with van der Waals surface area (Å²) >= 11 is 1.56. The summed E-state index contributed by atoms with van der Waals surface area (Å²) < 4.78 is 1.72. The average molecular weight is 356 g/mol. The van der Waals surface area contributed by atoms with Crippen molar-refractivity contribution >= 4 is 22.2 Å². The number of nitrogens with one attached hydrogen (secondary N) is 1. The monoisotopic (exact) mass is 356 g/mol. The molecule has 132 valence electrons. The van der Waals surface area contributed by atoms with Gasteiger partial charge in [0, 0.05) is 17.6 Å². The highest BCUT2D eigenvalue weighted by atomic mass is 32.1. The van der Waals surface area contributed by atoms with E-state index in [-0.39, 0.29) is 11.3 Å². The van der Waals surface area contributed by atoms with Crippen LogP contribution in [0.1, 0.15) is 60.5 Å². The largest absolute Gasteiger partial charge is 0.312 e. The molecule has 0 saturated carbocycles. The summed E-state index contributed by atoms with van der Waals surface area (Å²) in [5.74, 6) is 0.402. The predicted octanol–water partition coefficient (Wildman–Crippen LogP) is 4.24. The van der Waals surface area contributed by atoms with Crippen LogP contribution in [0.25, 0.3) is 0 Å². The minimum atomic E-state index is -0.206. The van der Waals surface area contributed by atoms with E-state index in [2.05, 4.69) is 37.3 Å². The Morgan fingerprint density at radius 2 is 2.28 bits per heavy atom. The number of anilines is 1. The van der Waals surface area contributed by atoms with Gasteiger partial charge in [0.05, 0.1) is 17.3 Å². The topological polar surface area (TPSA) is 70.7 Å². The number of carbonyl (C=O) groups excluding carboxylic acids is 1. The number of aromatic nitrogens is 2. The molecule has 1 atom stereocenters. The number of hydrogen-bond donors (Lipinski definition) is 1. The van der Waals surface area contributed by atoms with Crippen molar-refractivity contribution in [1.82, 2.24) is 9.78 Å². The molecule has 3 rings (SSSR count). The van der Waals surface area contributed by atoms with E-state index in [0.29, 0.717) is 22.0 Å². The zero-order chi connectivity index (χ0) is 18.2. The maximum atomic E-state index is 12.5. The van der Waals surface area contributed by atoms with Gasteiger partial charge in [-0.2, -0.15) is 10.4 Å². The molecule has 0 aliphatic heterocycles. The molecule has 0 fully saturated rings. The van der Waals surface area contributed by atoms with Crippen LogP contribution in [0.5, 0.6) is 0 Å².